The number of halogens is 1. The van der Waals surface area contributed by atoms with Crippen LogP contribution < -0.4 is 9.80 Å². The molecule has 0 fully saturated rings. The first kappa shape index (κ1) is 22.4. The Hall–Kier alpha value is -3.28. The lowest BCUT2D eigenvalue weighted by atomic mass is 9.94. The molecule has 31 heavy (non-hydrogen) atoms. The van der Waals surface area contributed by atoms with Crippen molar-refractivity contribution < 1.29 is 9.18 Å². The number of anilines is 2. The van der Waals surface area contributed by atoms with Gasteiger partial charge in [-0.05, 0) is 60.5 Å². The Bertz CT molecular complexity index is 983. The maximum Gasteiger partial charge on any atom is 0.232 e. The van der Waals surface area contributed by atoms with Gasteiger partial charge in [-0.15, -0.1) is 0 Å². The van der Waals surface area contributed by atoms with E-state index in [1.165, 1.54) is 17.7 Å². The van der Waals surface area contributed by atoms with Crippen molar-refractivity contribution in [3.8, 4) is 0 Å². The summed E-state index contributed by atoms with van der Waals surface area (Å²) in [6.45, 7) is 9.66. The topological polar surface area (TPSA) is 49.3 Å². The standard InChI is InChI=1S/C25H29FN4O/c1-5-29(17-19-12-14-27-15-13-19)23-11-6-20(16-28-23)18-30(24(31)25(2,3)4)22-9-7-21(26)8-10-22/h6-16H,5,17-18H2,1-4H3. The molecule has 2 aromatic heterocycles. The minimum absolute atomic E-state index is 0.0314. The summed E-state index contributed by atoms with van der Waals surface area (Å²) in [5, 5.41) is 0. The second kappa shape index (κ2) is 9.69. The first-order valence-electron chi connectivity index (χ1n) is 10.4. The summed E-state index contributed by atoms with van der Waals surface area (Å²) in [6, 6.07) is 14.0. The lowest BCUT2D eigenvalue weighted by Crippen LogP contribution is -2.39. The van der Waals surface area contributed by atoms with Crippen LogP contribution in [0.15, 0.2) is 67.1 Å². The second-order valence-corrected chi connectivity index (χ2v) is 8.51. The van der Waals surface area contributed by atoms with Gasteiger partial charge in [-0.25, -0.2) is 9.37 Å². The van der Waals surface area contributed by atoms with Crippen molar-refractivity contribution in [2.45, 2.75) is 40.8 Å². The molecular weight excluding hydrogens is 391 g/mol. The van der Waals surface area contributed by atoms with Crippen LogP contribution in [-0.2, 0) is 17.9 Å². The molecule has 0 saturated carbocycles. The molecule has 0 radical (unpaired) electrons. The van der Waals surface area contributed by atoms with Gasteiger partial charge in [-0.1, -0.05) is 26.8 Å². The molecule has 0 bridgehead atoms. The molecule has 0 unspecified atom stereocenters. The van der Waals surface area contributed by atoms with E-state index in [-0.39, 0.29) is 11.7 Å². The first-order chi connectivity index (χ1) is 14.8. The lowest BCUT2D eigenvalue weighted by molar-refractivity contribution is -0.125. The molecule has 3 aromatic rings. The second-order valence-electron chi connectivity index (χ2n) is 8.51. The van der Waals surface area contributed by atoms with Gasteiger partial charge in [0.1, 0.15) is 11.6 Å². The van der Waals surface area contributed by atoms with E-state index in [1.807, 2.05) is 45.0 Å². The van der Waals surface area contributed by atoms with E-state index < -0.39 is 5.41 Å². The molecule has 162 valence electrons. The van der Waals surface area contributed by atoms with Crippen molar-refractivity contribution in [1.82, 2.24) is 9.97 Å². The van der Waals surface area contributed by atoms with Crippen LogP contribution in [0.25, 0.3) is 0 Å². The molecule has 5 nitrogen and oxygen atoms in total. The molecule has 1 aromatic carbocycles. The number of rotatable bonds is 7. The van der Waals surface area contributed by atoms with Crippen LogP contribution in [0.3, 0.4) is 0 Å². The van der Waals surface area contributed by atoms with E-state index in [4.69, 9.17) is 0 Å². The Morgan fingerprint density at radius 3 is 2.16 bits per heavy atom. The van der Waals surface area contributed by atoms with Crippen LogP contribution in [0.1, 0.15) is 38.8 Å². The van der Waals surface area contributed by atoms with Crippen LogP contribution in [0.4, 0.5) is 15.9 Å². The summed E-state index contributed by atoms with van der Waals surface area (Å²) in [4.78, 5) is 25.6. The monoisotopic (exact) mass is 420 g/mol. The summed E-state index contributed by atoms with van der Waals surface area (Å²) in [5.74, 6) is 0.515. The molecule has 0 aliphatic carbocycles. The maximum absolute atomic E-state index is 13.4. The molecule has 0 saturated heterocycles. The number of aromatic nitrogens is 2. The third-order valence-corrected chi connectivity index (χ3v) is 5.00. The van der Waals surface area contributed by atoms with Gasteiger partial charge in [-0.2, -0.15) is 0 Å². The maximum atomic E-state index is 13.4. The Labute approximate surface area is 183 Å². The van der Waals surface area contributed by atoms with E-state index in [2.05, 4.69) is 21.8 Å². The summed E-state index contributed by atoms with van der Waals surface area (Å²) in [5.41, 5.74) is 2.18. The van der Waals surface area contributed by atoms with E-state index in [9.17, 15) is 9.18 Å². The molecule has 0 N–H and O–H groups in total. The molecule has 0 atom stereocenters. The number of nitrogens with zero attached hydrogens (tertiary/aromatic N) is 4. The Balaban J connectivity index is 1.80. The number of carbonyl (C=O) groups is 1. The fraction of sp³-hybridized carbons (Fsp3) is 0.320. The highest BCUT2D eigenvalue weighted by molar-refractivity contribution is 5.96. The third kappa shape index (κ3) is 5.87. The van der Waals surface area contributed by atoms with E-state index in [0.29, 0.717) is 12.2 Å². The van der Waals surface area contributed by atoms with E-state index in [0.717, 1.165) is 24.5 Å². The summed E-state index contributed by atoms with van der Waals surface area (Å²) < 4.78 is 13.4. The Morgan fingerprint density at radius 1 is 0.935 bits per heavy atom. The van der Waals surface area contributed by atoms with Crippen LogP contribution in [0.5, 0.6) is 0 Å². The van der Waals surface area contributed by atoms with Crippen molar-refractivity contribution in [1.29, 1.82) is 0 Å². The van der Waals surface area contributed by atoms with Gasteiger partial charge < -0.3 is 9.80 Å². The normalized spacial score (nSPS) is 11.3. The zero-order valence-corrected chi connectivity index (χ0v) is 18.5. The molecule has 0 spiro atoms. The quantitative estimate of drug-likeness (QED) is 0.526. The highest BCUT2D eigenvalue weighted by Crippen LogP contribution is 2.26. The van der Waals surface area contributed by atoms with Gasteiger partial charge in [-0.3, -0.25) is 9.78 Å². The molecule has 1 amide bonds. The fourth-order valence-electron chi connectivity index (χ4n) is 3.25. The number of amides is 1. The smallest absolute Gasteiger partial charge is 0.232 e. The number of hydrogen-bond acceptors (Lipinski definition) is 4. The average molecular weight is 421 g/mol. The third-order valence-electron chi connectivity index (χ3n) is 5.00. The summed E-state index contributed by atoms with van der Waals surface area (Å²) in [6.07, 6.45) is 5.38. The first-order valence-corrected chi connectivity index (χ1v) is 10.4. The zero-order valence-electron chi connectivity index (χ0n) is 18.5. The van der Waals surface area contributed by atoms with Crippen molar-refractivity contribution >= 4 is 17.4 Å². The van der Waals surface area contributed by atoms with Gasteiger partial charge in [0.25, 0.3) is 0 Å². The molecule has 0 aliphatic heterocycles. The van der Waals surface area contributed by atoms with Crippen LogP contribution in [0.2, 0.25) is 0 Å². The number of hydrogen-bond donors (Lipinski definition) is 0. The SMILES string of the molecule is CCN(Cc1ccncc1)c1ccc(CN(C(=O)C(C)(C)C)c2ccc(F)cc2)cn1. The van der Waals surface area contributed by atoms with Gasteiger partial charge in [0.2, 0.25) is 5.91 Å². The largest absolute Gasteiger partial charge is 0.353 e. The van der Waals surface area contributed by atoms with Gasteiger partial charge in [0, 0.05) is 42.8 Å². The summed E-state index contributed by atoms with van der Waals surface area (Å²) in [7, 11) is 0. The summed E-state index contributed by atoms with van der Waals surface area (Å²) >= 11 is 0. The molecule has 0 aliphatic rings. The minimum Gasteiger partial charge on any atom is -0.353 e. The predicted octanol–water partition coefficient (Wildman–Crippen LogP) is 5.22. The minimum atomic E-state index is -0.564. The van der Waals surface area contributed by atoms with Crippen molar-refractivity contribution in [3.05, 3.63) is 84.1 Å². The van der Waals surface area contributed by atoms with Crippen molar-refractivity contribution in [3.63, 3.8) is 0 Å². The van der Waals surface area contributed by atoms with Crippen LogP contribution in [0, 0.1) is 11.2 Å². The molecule has 3 rings (SSSR count). The highest BCUT2D eigenvalue weighted by Gasteiger charge is 2.28. The zero-order chi connectivity index (χ0) is 22.4. The van der Waals surface area contributed by atoms with E-state index >= 15 is 0 Å². The molecular formula is C25H29FN4O. The van der Waals surface area contributed by atoms with E-state index in [1.54, 1.807) is 35.6 Å². The van der Waals surface area contributed by atoms with Crippen LogP contribution in [-0.4, -0.2) is 22.4 Å². The van der Waals surface area contributed by atoms with Crippen molar-refractivity contribution in [2.24, 2.45) is 5.41 Å². The lowest BCUT2D eigenvalue weighted by Gasteiger charge is -2.30. The number of carbonyl (C=O) groups excluding carboxylic acids is 1. The predicted molar refractivity (Wildman–Crippen MR) is 122 cm³/mol. The number of pyridine rings is 2. The highest BCUT2D eigenvalue weighted by atomic mass is 19.1. The fourth-order valence-corrected chi connectivity index (χ4v) is 3.25. The van der Waals surface area contributed by atoms with Crippen LogP contribution >= 0.6 is 0 Å². The molecule has 2 heterocycles. The van der Waals surface area contributed by atoms with Gasteiger partial charge in [0.15, 0.2) is 0 Å². The Kier molecular flexibility index (Phi) is 7.00. The molecule has 6 heteroatoms. The Morgan fingerprint density at radius 2 is 1.61 bits per heavy atom. The van der Waals surface area contributed by atoms with Crippen molar-refractivity contribution in [2.75, 3.05) is 16.3 Å². The van der Waals surface area contributed by atoms with Gasteiger partial charge >= 0.3 is 0 Å². The van der Waals surface area contributed by atoms with Gasteiger partial charge in [0.05, 0.1) is 6.54 Å². The average Bonchev–Trinajstić information content (AvgIpc) is 2.77. The number of benzene rings is 1.